The second-order valence-electron chi connectivity index (χ2n) is 4.59. The van der Waals surface area contributed by atoms with Crippen LogP contribution in [0, 0.1) is 0 Å². The van der Waals surface area contributed by atoms with Crippen molar-refractivity contribution in [2.75, 3.05) is 6.54 Å². The van der Waals surface area contributed by atoms with E-state index in [1.165, 1.54) is 0 Å². The monoisotopic (exact) mass is 308 g/mol. The molecule has 0 N–H and O–H groups in total. The second kappa shape index (κ2) is 6.95. The van der Waals surface area contributed by atoms with Crippen LogP contribution < -0.4 is 4.80 Å². The highest BCUT2D eigenvalue weighted by atomic mass is 32.1. The number of nitrogens with zero attached hydrogens (tertiary/aromatic N) is 4. The average molecular weight is 308 g/mol. The molecule has 1 aromatic carbocycles. The van der Waals surface area contributed by atoms with Crippen LogP contribution in [0.1, 0.15) is 12.5 Å². The maximum absolute atomic E-state index is 4.60. The van der Waals surface area contributed by atoms with Gasteiger partial charge in [0.2, 0.25) is 4.80 Å². The van der Waals surface area contributed by atoms with Crippen LogP contribution in [-0.4, -0.2) is 22.4 Å². The molecule has 3 aromatic rings. The van der Waals surface area contributed by atoms with E-state index in [1.54, 1.807) is 29.9 Å². The van der Waals surface area contributed by atoms with Gasteiger partial charge in [-0.3, -0.25) is 9.98 Å². The Morgan fingerprint density at radius 3 is 2.77 bits per heavy atom. The van der Waals surface area contributed by atoms with Gasteiger partial charge in [0.25, 0.3) is 0 Å². The summed E-state index contributed by atoms with van der Waals surface area (Å²) in [4.78, 5) is 9.51. The molecule has 0 radical (unpaired) electrons. The number of aromatic nitrogens is 2. The van der Waals surface area contributed by atoms with Crippen molar-refractivity contribution < 1.29 is 0 Å². The highest BCUT2D eigenvalue weighted by molar-refractivity contribution is 7.07. The first-order valence-electron chi connectivity index (χ1n) is 7.09. The SMILES string of the molecule is CCN=c1scc(-c2ccccc2)n1N=Cc1cccnc1. The molecule has 0 saturated heterocycles. The molecule has 22 heavy (non-hydrogen) atoms. The van der Waals surface area contributed by atoms with Crippen molar-refractivity contribution in [2.24, 2.45) is 10.1 Å². The summed E-state index contributed by atoms with van der Waals surface area (Å²) >= 11 is 1.60. The molecule has 4 nitrogen and oxygen atoms in total. The van der Waals surface area contributed by atoms with Crippen molar-refractivity contribution in [1.29, 1.82) is 0 Å². The zero-order valence-electron chi connectivity index (χ0n) is 12.3. The molecule has 0 aliphatic rings. The van der Waals surface area contributed by atoms with Crippen LogP contribution in [0.5, 0.6) is 0 Å². The first kappa shape index (κ1) is 14.4. The lowest BCUT2D eigenvalue weighted by atomic mass is 10.2. The molecule has 110 valence electrons. The third kappa shape index (κ3) is 3.20. The van der Waals surface area contributed by atoms with Crippen molar-refractivity contribution in [1.82, 2.24) is 9.66 Å². The minimum Gasteiger partial charge on any atom is -0.264 e. The fourth-order valence-electron chi connectivity index (χ4n) is 2.04. The number of hydrogen-bond acceptors (Lipinski definition) is 4. The fraction of sp³-hybridized carbons (Fsp3) is 0.118. The summed E-state index contributed by atoms with van der Waals surface area (Å²) in [7, 11) is 0. The van der Waals surface area contributed by atoms with Crippen LogP contribution >= 0.6 is 11.3 Å². The molecule has 5 heteroatoms. The molecule has 0 saturated carbocycles. The first-order chi connectivity index (χ1) is 10.9. The Morgan fingerprint density at radius 2 is 2.05 bits per heavy atom. The molecule has 0 fully saturated rings. The molecule has 0 spiro atoms. The van der Waals surface area contributed by atoms with Crippen LogP contribution in [0.4, 0.5) is 0 Å². The summed E-state index contributed by atoms with van der Waals surface area (Å²) in [5.74, 6) is 0. The van der Waals surface area contributed by atoms with E-state index in [0.717, 1.165) is 28.2 Å². The summed E-state index contributed by atoms with van der Waals surface area (Å²) in [6.45, 7) is 2.76. The largest absolute Gasteiger partial charge is 0.264 e. The summed E-state index contributed by atoms with van der Waals surface area (Å²) < 4.78 is 1.89. The number of benzene rings is 1. The molecular weight excluding hydrogens is 292 g/mol. The number of thiazole rings is 1. The van der Waals surface area contributed by atoms with Gasteiger partial charge in [0.1, 0.15) is 0 Å². The number of hydrogen-bond donors (Lipinski definition) is 0. The molecule has 2 heterocycles. The van der Waals surface area contributed by atoms with Crippen LogP contribution in [0.15, 0.2) is 70.3 Å². The van der Waals surface area contributed by atoms with Gasteiger partial charge in [-0.25, -0.2) is 4.68 Å². The Balaban J connectivity index is 2.07. The Hall–Kier alpha value is -2.53. The average Bonchev–Trinajstić information content (AvgIpc) is 2.98. The van der Waals surface area contributed by atoms with Crippen molar-refractivity contribution in [2.45, 2.75) is 6.92 Å². The second-order valence-corrected chi connectivity index (χ2v) is 5.42. The van der Waals surface area contributed by atoms with Crippen molar-refractivity contribution in [3.63, 3.8) is 0 Å². The summed E-state index contributed by atoms with van der Waals surface area (Å²) in [5, 5.41) is 6.69. The van der Waals surface area contributed by atoms with Crippen molar-refractivity contribution in [3.8, 4) is 11.3 Å². The topological polar surface area (TPSA) is 42.5 Å². The normalized spacial score (nSPS) is 12.1. The lowest BCUT2D eigenvalue weighted by Crippen LogP contribution is -2.12. The maximum Gasteiger partial charge on any atom is 0.206 e. The molecule has 2 aromatic heterocycles. The summed E-state index contributed by atoms with van der Waals surface area (Å²) in [5.41, 5.74) is 3.13. The number of rotatable bonds is 4. The number of pyridine rings is 1. The van der Waals surface area contributed by atoms with E-state index in [-0.39, 0.29) is 0 Å². The predicted octanol–water partition coefficient (Wildman–Crippen LogP) is 3.41. The third-order valence-electron chi connectivity index (χ3n) is 3.05. The molecule has 3 rings (SSSR count). The quantitative estimate of drug-likeness (QED) is 0.681. The molecule has 0 atom stereocenters. The summed E-state index contributed by atoms with van der Waals surface area (Å²) in [6.07, 6.45) is 5.35. The molecule has 0 aliphatic carbocycles. The Bertz CT molecular complexity index is 817. The third-order valence-corrected chi connectivity index (χ3v) is 3.91. The Kier molecular flexibility index (Phi) is 4.56. The van der Waals surface area contributed by atoms with Gasteiger partial charge in [-0.15, -0.1) is 11.3 Å². The lowest BCUT2D eigenvalue weighted by molar-refractivity contribution is 0.833. The van der Waals surface area contributed by atoms with Gasteiger partial charge in [-0.2, -0.15) is 5.10 Å². The van der Waals surface area contributed by atoms with E-state index in [4.69, 9.17) is 0 Å². The predicted molar refractivity (Wildman–Crippen MR) is 91.1 cm³/mol. The molecule has 0 bridgehead atoms. The van der Waals surface area contributed by atoms with E-state index in [9.17, 15) is 0 Å². The Morgan fingerprint density at radius 1 is 1.18 bits per heavy atom. The van der Waals surface area contributed by atoms with Gasteiger partial charge in [0.15, 0.2) is 0 Å². The van der Waals surface area contributed by atoms with E-state index in [0.29, 0.717) is 0 Å². The zero-order chi connectivity index (χ0) is 15.2. The van der Waals surface area contributed by atoms with Crippen LogP contribution in [0.25, 0.3) is 11.3 Å². The molecule has 0 unspecified atom stereocenters. The van der Waals surface area contributed by atoms with E-state index in [1.807, 2.05) is 41.9 Å². The van der Waals surface area contributed by atoms with Gasteiger partial charge in [0.05, 0.1) is 11.9 Å². The smallest absolute Gasteiger partial charge is 0.206 e. The van der Waals surface area contributed by atoms with Gasteiger partial charge in [-0.1, -0.05) is 36.4 Å². The van der Waals surface area contributed by atoms with Crippen LogP contribution in [0.3, 0.4) is 0 Å². The van der Waals surface area contributed by atoms with Gasteiger partial charge >= 0.3 is 0 Å². The molecular formula is C17H16N4S. The fourth-order valence-corrected chi connectivity index (χ4v) is 2.94. The van der Waals surface area contributed by atoms with E-state index >= 15 is 0 Å². The van der Waals surface area contributed by atoms with Crippen molar-refractivity contribution >= 4 is 17.6 Å². The highest BCUT2D eigenvalue weighted by Crippen LogP contribution is 2.19. The van der Waals surface area contributed by atoms with Gasteiger partial charge < -0.3 is 0 Å². The minimum absolute atomic E-state index is 0.733. The highest BCUT2D eigenvalue weighted by Gasteiger charge is 2.06. The lowest BCUT2D eigenvalue weighted by Gasteiger charge is -2.03. The molecule has 0 amide bonds. The minimum atomic E-state index is 0.733. The Labute approximate surface area is 133 Å². The van der Waals surface area contributed by atoms with E-state index < -0.39 is 0 Å². The maximum atomic E-state index is 4.60. The van der Waals surface area contributed by atoms with Gasteiger partial charge in [-0.05, 0) is 13.0 Å². The standard InChI is InChI=1S/C17H16N4S/c1-2-19-17-21(20-12-14-7-6-10-18-11-14)16(13-22-17)15-8-4-3-5-9-15/h3-13H,2H2,1H3. The van der Waals surface area contributed by atoms with E-state index in [2.05, 4.69) is 32.6 Å². The van der Waals surface area contributed by atoms with Gasteiger partial charge in [0, 0.05) is 35.4 Å². The molecule has 0 aliphatic heterocycles. The van der Waals surface area contributed by atoms with Crippen molar-refractivity contribution in [3.05, 3.63) is 70.6 Å². The first-order valence-corrected chi connectivity index (χ1v) is 7.97. The van der Waals surface area contributed by atoms with Crippen LogP contribution in [-0.2, 0) is 0 Å². The van der Waals surface area contributed by atoms with Crippen LogP contribution in [0.2, 0.25) is 0 Å². The zero-order valence-corrected chi connectivity index (χ0v) is 13.1. The summed E-state index contributed by atoms with van der Waals surface area (Å²) in [6, 6.07) is 14.1.